The largest absolute Gasteiger partial charge is 0.489 e. The van der Waals surface area contributed by atoms with Gasteiger partial charge in [0.05, 0.1) is 11.8 Å². The van der Waals surface area contributed by atoms with E-state index in [4.69, 9.17) is 4.74 Å². The van der Waals surface area contributed by atoms with E-state index in [1.807, 2.05) is 19.1 Å². The summed E-state index contributed by atoms with van der Waals surface area (Å²) in [4.78, 5) is 4.54. The molecule has 0 aliphatic carbocycles. The van der Waals surface area contributed by atoms with Crippen molar-refractivity contribution in [2.75, 3.05) is 6.54 Å². The number of ether oxygens (including phenoxy) is 1. The van der Waals surface area contributed by atoms with Crippen molar-refractivity contribution < 1.29 is 4.74 Å². The Labute approximate surface area is 105 Å². The Hall–Kier alpha value is -1.09. The lowest BCUT2D eigenvalue weighted by atomic mass is 10.2. The second-order valence-electron chi connectivity index (χ2n) is 4.39. The van der Waals surface area contributed by atoms with Crippen molar-refractivity contribution in [2.24, 2.45) is 0 Å². The summed E-state index contributed by atoms with van der Waals surface area (Å²) in [5.41, 5.74) is 2.04. The Bertz CT molecular complexity index is 339. The van der Waals surface area contributed by atoms with Gasteiger partial charge in [-0.2, -0.15) is 0 Å². The molecule has 3 nitrogen and oxygen atoms in total. The molecule has 17 heavy (non-hydrogen) atoms. The van der Waals surface area contributed by atoms with Crippen LogP contribution in [0.3, 0.4) is 0 Å². The Morgan fingerprint density at radius 1 is 1.35 bits per heavy atom. The van der Waals surface area contributed by atoms with E-state index in [-0.39, 0.29) is 6.10 Å². The molecule has 0 saturated heterocycles. The summed E-state index contributed by atoms with van der Waals surface area (Å²) in [6.45, 7) is 10.1. The summed E-state index contributed by atoms with van der Waals surface area (Å²) in [6.07, 6.45) is 2.47. The van der Waals surface area contributed by atoms with Gasteiger partial charge in [0.15, 0.2) is 0 Å². The normalized spacial score (nSPS) is 12.5. The second-order valence-corrected chi connectivity index (χ2v) is 4.39. The first-order valence-corrected chi connectivity index (χ1v) is 6.51. The molecule has 1 rings (SSSR count). The minimum atomic E-state index is 0.255. The highest BCUT2D eigenvalue weighted by Gasteiger charge is 2.09. The maximum Gasteiger partial charge on any atom is 0.142 e. The maximum atomic E-state index is 5.94. The molecule has 1 atom stereocenters. The van der Waals surface area contributed by atoms with Crippen LogP contribution in [0.2, 0.25) is 0 Å². The van der Waals surface area contributed by atoms with Crippen LogP contribution in [-0.4, -0.2) is 17.6 Å². The van der Waals surface area contributed by atoms with Gasteiger partial charge in [-0.1, -0.05) is 20.3 Å². The molecule has 1 aromatic rings. The fourth-order valence-electron chi connectivity index (χ4n) is 1.76. The summed E-state index contributed by atoms with van der Waals surface area (Å²) < 4.78 is 5.94. The topological polar surface area (TPSA) is 34.1 Å². The van der Waals surface area contributed by atoms with Crippen LogP contribution < -0.4 is 10.1 Å². The molecule has 0 aliphatic rings. The summed E-state index contributed by atoms with van der Waals surface area (Å²) in [5.74, 6) is 0.914. The molecule has 3 heteroatoms. The molecule has 0 fully saturated rings. The molecule has 1 N–H and O–H groups in total. The highest BCUT2D eigenvalue weighted by molar-refractivity contribution is 5.29. The van der Waals surface area contributed by atoms with E-state index in [1.165, 1.54) is 0 Å². The summed E-state index contributed by atoms with van der Waals surface area (Å²) in [6, 6.07) is 4.03. The molecule has 1 heterocycles. The number of pyridine rings is 1. The molecule has 1 unspecified atom stereocenters. The number of rotatable bonds is 7. The molecule has 0 amide bonds. The third kappa shape index (κ3) is 4.73. The molecule has 1 aromatic heterocycles. The predicted octanol–water partition coefficient (Wildman–Crippen LogP) is 3.07. The van der Waals surface area contributed by atoms with Crippen LogP contribution in [0.15, 0.2) is 12.1 Å². The number of hydrogen-bond donors (Lipinski definition) is 1. The highest BCUT2D eigenvalue weighted by Crippen LogP contribution is 2.19. The Balaban J connectivity index is 2.74. The SMILES string of the molecule is CCCC(C)Oc1ccc(C)nc1CNCC. The van der Waals surface area contributed by atoms with Crippen molar-refractivity contribution in [1.82, 2.24) is 10.3 Å². The second kappa shape index (κ2) is 7.28. The molecule has 0 radical (unpaired) electrons. The molecule has 0 bridgehead atoms. The standard InChI is InChI=1S/C14H24N2O/c1-5-7-12(4)17-14-9-8-11(3)16-13(14)10-15-6-2/h8-9,12,15H,5-7,10H2,1-4H3. The van der Waals surface area contributed by atoms with E-state index in [0.717, 1.165) is 43.1 Å². The van der Waals surface area contributed by atoms with Crippen molar-refractivity contribution in [3.63, 3.8) is 0 Å². The van der Waals surface area contributed by atoms with Crippen LogP contribution in [0.1, 0.15) is 45.0 Å². The van der Waals surface area contributed by atoms with Crippen molar-refractivity contribution >= 4 is 0 Å². The van der Waals surface area contributed by atoms with Crippen LogP contribution in [0.25, 0.3) is 0 Å². The van der Waals surface area contributed by atoms with Crippen molar-refractivity contribution in [3.05, 3.63) is 23.5 Å². The number of aromatic nitrogens is 1. The van der Waals surface area contributed by atoms with Crippen LogP contribution in [-0.2, 0) is 6.54 Å². The lowest BCUT2D eigenvalue weighted by Crippen LogP contribution is -2.17. The van der Waals surface area contributed by atoms with Crippen molar-refractivity contribution in [2.45, 2.75) is 53.2 Å². The van der Waals surface area contributed by atoms with Gasteiger partial charge in [0, 0.05) is 12.2 Å². The quantitative estimate of drug-likeness (QED) is 0.790. The zero-order chi connectivity index (χ0) is 12.7. The van der Waals surface area contributed by atoms with Crippen molar-refractivity contribution in [1.29, 1.82) is 0 Å². The van der Waals surface area contributed by atoms with Gasteiger partial charge in [0.2, 0.25) is 0 Å². The van der Waals surface area contributed by atoms with E-state index in [0.29, 0.717) is 0 Å². The average molecular weight is 236 g/mol. The Morgan fingerprint density at radius 2 is 2.12 bits per heavy atom. The van der Waals surface area contributed by atoms with E-state index in [2.05, 4.69) is 31.1 Å². The lowest BCUT2D eigenvalue weighted by Gasteiger charge is -2.17. The third-order valence-electron chi connectivity index (χ3n) is 2.64. The number of nitrogens with one attached hydrogen (secondary N) is 1. The monoisotopic (exact) mass is 236 g/mol. The smallest absolute Gasteiger partial charge is 0.142 e. The fourth-order valence-corrected chi connectivity index (χ4v) is 1.76. The predicted molar refractivity (Wildman–Crippen MR) is 71.4 cm³/mol. The molecule has 0 aliphatic heterocycles. The van der Waals surface area contributed by atoms with E-state index < -0.39 is 0 Å². The Morgan fingerprint density at radius 3 is 2.76 bits per heavy atom. The minimum absolute atomic E-state index is 0.255. The summed E-state index contributed by atoms with van der Waals surface area (Å²) in [5, 5.41) is 3.29. The number of nitrogens with zero attached hydrogens (tertiary/aromatic N) is 1. The molecular formula is C14H24N2O. The number of hydrogen-bond acceptors (Lipinski definition) is 3. The van der Waals surface area contributed by atoms with Crippen LogP contribution in [0.5, 0.6) is 5.75 Å². The van der Waals surface area contributed by atoms with E-state index in [1.54, 1.807) is 0 Å². The van der Waals surface area contributed by atoms with Gasteiger partial charge in [-0.15, -0.1) is 0 Å². The lowest BCUT2D eigenvalue weighted by molar-refractivity contribution is 0.206. The molecular weight excluding hydrogens is 212 g/mol. The zero-order valence-corrected chi connectivity index (χ0v) is 11.4. The minimum Gasteiger partial charge on any atom is -0.489 e. The van der Waals surface area contributed by atoms with Crippen molar-refractivity contribution in [3.8, 4) is 5.75 Å². The Kier molecular flexibility index (Phi) is 5.98. The molecule has 0 saturated carbocycles. The van der Waals surface area contributed by atoms with E-state index >= 15 is 0 Å². The van der Waals surface area contributed by atoms with Crippen LogP contribution in [0, 0.1) is 6.92 Å². The van der Waals surface area contributed by atoms with Gasteiger partial charge in [-0.25, -0.2) is 0 Å². The van der Waals surface area contributed by atoms with Gasteiger partial charge in [0.1, 0.15) is 5.75 Å². The third-order valence-corrected chi connectivity index (χ3v) is 2.64. The average Bonchev–Trinajstić information content (AvgIpc) is 2.30. The number of aryl methyl sites for hydroxylation is 1. The van der Waals surface area contributed by atoms with Gasteiger partial charge in [-0.05, 0) is 38.9 Å². The van der Waals surface area contributed by atoms with Gasteiger partial charge in [-0.3, -0.25) is 4.98 Å². The molecule has 0 spiro atoms. The highest BCUT2D eigenvalue weighted by atomic mass is 16.5. The summed E-state index contributed by atoms with van der Waals surface area (Å²) >= 11 is 0. The van der Waals surface area contributed by atoms with Crippen LogP contribution >= 0.6 is 0 Å². The molecule has 96 valence electrons. The van der Waals surface area contributed by atoms with E-state index in [9.17, 15) is 0 Å². The first-order chi connectivity index (χ1) is 8.17. The molecule has 0 aromatic carbocycles. The first-order valence-electron chi connectivity index (χ1n) is 6.51. The van der Waals surface area contributed by atoms with Gasteiger partial charge >= 0.3 is 0 Å². The first kappa shape index (κ1) is 14.0. The van der Waals surface area contributed by atoms with Gasteiger partial charge < -0.3 is 10.1 Å². The summed E-state index contributed by atoms with van der Waals surface area (Å²) in [7, 11) is 0. The maximum absolute atomic E-state index is 5.94. The zero-order valence-electron chi connectivity index (χ0n) is 11.4. The fraction of sp³-hybridized carbons (Fsp3) is 0.643. The van der Waals surface area contributed by atoms with Crippen LogP contribution in [0.4, 0.5) is 0 Å². The van der Waals surface area contributed by atoms with Gasteiger partial charge in [0.25, 0.3) is 0 Å².